The van der Waals surface area contributed by atoms with Gasteiger partial charge in [0.05, 0.1) is 7.11 Å². The third kappa shape index (κ3) is 5.46. The molecule has 96 valence electrons. The molecule has 2 nitrogen and oxygen atoms in total. The summed E-state index contributed by atoms with van der Waals surface area (Å²) in [6, 6.07) is 8.20. The predicted molar refractivity (Wildman–Crippen MR) is 76.1 cm³/mol. The Balaban J connectivity index is 2.36. The van der Waals surface area contributed by atoms with E-state index in [1.54, 1.807) is 7.11 Å². The third-order valence-corrected chi connectivity index (χ3v) is 3.70. The van der Waals surface area contributed by atoms with Gasteiger partial charge in [0.15, 0.2) is 0 Å². The molecular weight excluding hydrogens is 230 g/mol. The SMILES string of the molecule is CCCCNCC(C)Sc1ccccc1OC. The summed E-state index contributed by atoms with van der Waals surface area (Å²) in [6.45, 7) is 6.63. The predicted octanol–water partition coefficient (Wildman–Crippen LogP) is 3.57. The third-order valence-electron chi connectivity index (χ3n) is 2.54. The maximum atomic E-state index is 5.35. The smallest absolute Gasteiger partial charge is 0.132 e. The van der Waals surface area contributed by atoms with Crippen LogP contribution in [0.15, 0.2) is 29.2 Å². The van der Waals surface area contributed by atoms with Crippen molar-refractivity contribution < 1.29 is 4.74 Å². The van der Waals surface area contributed by atoms with Crippen molar-refractivity contribution >= 4 is 11.8 Å². The van der Waals surface area contributed by atoms with Gasteiger partial charge >= 0.3 is 0 Å². The number of methoxy groups -OCH3 is 1. The van der Waals surface area contributed by atoms with Crippen molar-refractivity contribution in [2.24, 2.45) is 0 Å². The van der Waals surface area contributed by atoms with E-state index < -0.39 is 0 Å². The molecule has 0 saturated carbocycles. The molecule has 1 atom stereocenters. The summed E-state index contributed by atoms with van der Waals surface area (Å²) in [7, 11) is 1.73. The van der Waals surface area contributed by atoms with Gasteiger partial charge in [-0.15, -0.1) is 11.8 Å². The monoisotopic (exact) mass is 253 g/mol. The van der Waals surface area contributed by atoms with Gasteiger partial charge in [0.25, 0.3) is 0 Å². The molecule has 1 rings (SSSR count). The molecule has 1 aromatic carbocycles. The van der Waals surface area contributed by atoms with Crippen molar-refractivity contribution in [3.05, 3.63) is 24.3 Å². The Hall–Kier alpha value is -0.670. The van der Waals surface area contributed by atoms with Crippen LogP contribution in [0.1, 0.15) is 26.7 Å². The van der Waals surface area contributed by atoms with Crippen LogP contribution in [0.2, 0.25) is 0 Å². The van der Waals surface area contributed by atoms with Gasteiger partial charge in [0.1, 0.15) is 5.75 Å². The highest BCUT2D eigenvalue weighted by Crippen LogP contribution is 2.31. The average molecular weight is 253 g/mol. The largest absolute Gasteiger partial charge is 0.496 e. The fraction of sp³-hybridized carbons (Fsp3) is 0.571. The lowest BCUT2D eigenvalue weighted by Crippen LogP contribution is -2.23. The van der Waals surface area contributed by atoms with Crippen molar-refractivity contribution in [1.82, 2.24) is 5.32 Å². The Kier molecular flexibility index (Phi) is 7.13. The van der Waals surface area contributed by atoms with Crippen LogP contribution in [0.4, 0.5) is 0 Å². The Morgan fingerprint density at radius 2 is 2.12 bits per heavy atom. The van der Waals surface area contributed by atoms with E-state index in [0.29, 0.717) is 5.25 Å². The molecule has 1 aromatic rings. The van der Waals surface area contributed by atoms with Gasteiger partial charge in [-0.25, -0.2) is 0 Å². The first-order valence-corrected chi connectivity index (χ1v) is 7.16. The van der Waals surface area contributed by atoms with E-state index in [1.807, 2.05) is 23.9 Å². The van der Waals surface area contributed by atoms with Crippen molar-refractivity contribution in [2.45, 2.75) is 36.8 Å². The first-order valence-electron chi connectivity index (χ1n) is 6.28. The maximum Gasteiger partial charge on any atom is 0.132 e. The number of hydrogen-bond acceptors (Lipinski definition) is 3. The summed E-state index contributed by atoms with van der Waals surface area (Å²) in [6.07, 6.45) is 2.51. The quantitative estimate of drug-likeness (QED) is 0.565. The summed E-state index contributed by atoms with van der Waals surface area (Å²) < 4.78 is 5.35. The molecule has 17 heavy (non-hydrogen) atoms. The minimum absolute atomic E-state index is 0.558. The summed E-state index contributed by atoms with van der Waals surface area (Å²) in [4.78, 5) is 1.22. The van der Waals surface area contributed by atoms with Crippen molar-refractivity contribution in [2.75, 3.05) is 20.2 Å². The molecule has 0 aliphatic rings. The molecule has 0 amide bonds. The molecule has 0 heterocycles. The molecule has 0 radical (unpaired) electrons. The number of para-hydroxylation sites is 1. The molecule has 0 bridgehead atoms. The van der Waals surface area contributed by atoms with Gasteiger partial charge in [0.2, 0.25) is 0 Å². The Morgan fingerprint density at radius 1 is 1.35 bits per heavy atom. The lowest BCUT2D eigenvalue weighted by Gasteiger charge is -2.14. The van der Waals surface area contributed by atoms with Crippen LogP contribution in [-0.4, -0.2) is 25.4 Å². The molecule has 3 heteroatoms. The molecule has 0 saturated heterocycles. The topological polar surface area (TPSA) is 21.3 Å². The summed E-state index contributed by atoms with van der Waals surface area (Å²) >= 11 is 1.87. The summed E-state index contributed by atoms with van der Waals surface area (Å²) in [5.74, 6) is 0.970. The Labute approximate surface area is 109 Å². The molecule has 0 aliphatic heterocycles. The number of rotatable bonds is 8. The highest BCUT2D eigenvalue weighted by atomic mass is 32.2. The van der Waals surface area contributed by atoms with E-state index in [4.69, 9.17) is 4.74 Å². The lowest BCUT2D eigenvalue weighted by atomic mass is 10.3. The van der Waals surface area contributed by atoms with E-state index in [0.717, 1.165) is 18.8 Å². The molecule has 0 aromatic heterocycles. The number of benzene rings is 1. The van der Waals surface area contributed by atoms with E-state index >= 15 is 0 Å². The zero-order chi connectivity index (χ0) is 12.5. The van der Waals surface area contributed by atoms with E-state index in [-0.39, 0.29) is 0 Å². The highest BCUT2D eigenvalue weighted by Gasteiger charge is 2.07. The fourth-order valence-electron chi connectivity index (χ4n) is 1.58. The van der Waals surface area contributed by atoms with Gasteiger partial charge in [-0.2, -0.15) is 0 Å². The van der Waals surface area contributed by atoms with Crippen molar-refractivity contribution in [1.29, 1.82) is 0 Å². The van der Waals surface area contributed by atoms with Crippen molar-refractivity contribution in [3.8, 4) is 5.75 Å². The average Bonchev–Trinajstić information content (AvgIpc) is 2.35. The van der Waals surface area contributed by atoms with Gasteiger partial charge in [0, 0.05) is 16.7 Å². The summed E-state index contributed by atoms with van der Waals surface area (Å²) in [5.41, 5.74) is 0. The van der Waals surface area contributed by atoms with Crippen LogP contribution in [0.5, 0.6) is 5.75 Å². The van der Waals surface area contributed by atoms with Crippen LogP contribution in [0.25, 0.3) is 0 Å². The van der Waals surface area contributed by atoms with Crippen LogP contribution < -0.4 is 10.1 Å². The number of nitrogens with one attached hydrogen (secondary N) is 1. The molecule has 1 unspecified atom stereocenters. The Morgan fingerprint density at radius 3 is 2.82 bits per heavy atom. The Bertz CT molecular complexity index is 317. The summed E-state index contributed by atoms with van der Waals surface area (Å²) in [5, 5.41) is 4.04. The number of unbranched alkanes of at least 4 members (excludes halogenated alkanes) is 1. The molecule has 0 fully saturated rings. The van der Waals surface area contributed by atoms with Gasteiger partial charge in [-0.1, -0.05) is 32.4 Å². The maximum absolute atomic E-state index is 5.35. The van der Waals surface area contributed by atoms with E-state index in [1.165, 1.54) is 17.7 Å². The minimum Gasteiger partial charge on any atom is -0.496 e. The normalized spacial score (nSPS) is 12.4. The van der Waals surface area contributed by atoms with Crippen LogP contribution in [0.3, 0.4) is 0 Å². The van der Waals surface area contributed by atoms with Gasteiger partial charge in [-0.3, -0.25) is 0 Å². The van der Waals surface area contributed by atoms with Crippen LogP contribution >= 0.6 is 11.8 Å². The van der Waals surface area contributed by atoms with Gasteiger partial charge in [-0.05, 0) is 25.1 Å². The first-order chi connectivity index (χ1) is 8.27. The second kappa shape index (κ2) is 8.43. The first kappa shape index (κ1) is 14.4. The zero-order valence-corrected chi connectivity index (χ0v) is 11.8. The van der Waals surface area contributed by atoms with Crippen LogP contribution in [0, 0.1) is 0 Å². The van der Waals surface area contributed by atoms with Crippen LogP contribution in [-0.2, 0) is 0 Å². The lowest BCUT2D eigenvalue weighted by molar-refractivity contribution is 0.404. The second-order valence-corrected chi connectivity index (χ2v) is 5.62. The standard InChI is InChI=1S/C14H23NOS/c1-4-5-10-15-11-12(2)17-14-9-7-6-8-13(14)16-3/h6-9,12,15H,4-5,10-11H2,1-3H3. The minimum atomic E-state index is 0.558. The molecule has 0 aliphatic carbocycles. The van der Waals surface area contributed by atoms with Gasteiger partial charge < -0.3 is 10.1 Å². The van der Waals surface area contributed by atoms with E-state index in [9.17, 15) is 0 Å². The highest BCUT2D eigenvalue weighted by molar-refractivity contribution is 8.00. The van der Waals surface area contributed by atoms with E-state index in [2.05, 4.69) is 31.3 Å². The number of hydrogen-bond donors (Lipinski definition) is 1. The molecule has 0 spiro atoms. The second-order valence-electron chi connectivity index (χ2n) is 4.14. The molecule has 1 N–H and O–H groups in total. The molecular formula is C14H23NOS. The van der Waals surface area contributed by atoms with Crippen molar-refractivity contribution in [3.63, 3.8) is 0 Å². The number of ether oxygens (including phenoxy) is 1. The zero-order valence-electron chi connectivity index (χ0n) is 11.0. The number of thioether (sulfide) groups is 1. The fourth-order valence-corrected chi connectivity index (χ4v) is 2.64.